The second-order valence-corrected chi connectivity index (χ2v) is 40.8. The average Bonchev–Trinajstić information content (AvgIpc) is 0.716. The molecular formula is C71H92F6O32S10. The van der Waals surface area contributed by atoms with Gasteiger partial charge in [0.05, 0.1) is 79.8 Å². The van der Waals surface area contributed by atoms with Gasteiger partial charge in [0.2, 0.25) is 25.1 Å². The zero-order chi connectivity index (χ0) is 92.9. The van der Waals surface area contributed by atoms with Crippen molar-refractivity contribution in [2.45, 2.75) is 107 Å². The van der Waals surface area contributed by atoms with Gasteiger partial charge in [-0.25, -0.2) is 16.8 Å². The predicted octanol–water partition coefficient (Wildman–Crippen LogP) is 13.5. The van der Waals surface area contributed by atoms with E-state index in [0.717, 1.165) is 47.5 Å². The Morgan fingerprint density at radius 2 is 0.387 bits per heavy atom. The summed E-state index contributed by atoms with van der Waals surface area (Å²) in [6.45, 7) is 14.6. The number of benzene rings is 8. The Morgan fingerprint density at radius 1 is 0.244 bits per heavy atom. The third-order valence-corrected chi connectivity index (χ3v) is 23.7. The van der Waals surface area contributed by atoms with Crippen LogP contribution in [0, 0.1) is 13.8 Å². The molecule has 119 heavy (non-hydrogen) atoms. The Kier molecular flexibility index (Phi) is 47.0. The Labute approximate surface area is 690 Å². The summed E-state index contributed by atoms with van der Waals surface area (Å²) in [6.07, 6.45) is -11.4. The lowest BCUT2D eigenvalue weighted by atomic mass is 9.72. The summed E-state index contributed by atoms with van der Waals surface area (Å²) in [5.74, 6) is 0.805. The number of methoxy groups -OCH3 is 2. The van der Waals surface area contributed by atoms with E-state index >= 15 is 0 Å². The molecule has 8 aromatic carbocycles. The molecule has 0 spiro atoms. The van der Waals surface area contributed by atoms with Crippen molar-refractivity contribution in [3.05, 3.63) is 216 Å². The van der Waals surface area contributed by atoms with Crippen LogP contribution in [0.3, 0.4) is 0 Å². The van der Waals surface area contributed by atoms with Gasteiger partial charge in [0.15, 0.2) is 0 Å². The molecule has 0 heterocycles. The molecule has 0 atom stereocenters. The zero-order valence-corrected chi connectivity index (χ0v) is 73.5. The molecule has 670 valence electrons. The fourth-order valence-electron chi connectivity index (χ4n) is 7.45. The van der Waals surface area contributed by atoms with E-state index in [4.69, 9.17) is 55.4 Å². The molecule has 0 bridgehead atoms. The second-order valence-electron chi connectivity index (χ2n) is 23.0. The van der Waals surface area contributed by atoms with Crippen LogP contribution in [0.15, 0.2) is 214 Å². The molecule has 0 radical (unpaired) electrons. The topological polar surface area (TPSA) is 540 Å². The summed E-state index contributed by atoms with van der Waals surface area (Å²) in [7, 11) is -33.8. The lowest BCUT2D eigenvalue weighted by molar-refractivity contribution is -0.288. The van der Waals surface area contributed by atoms with Gasteiger partial charge in [-0.15, -0.1) is 0 Å². The van der Waals surface area contributed by atoms with Crippen LogP contribution in [0.25, 0.3) is 11.1 Å². The molecule has 0 saturated heterocycles. The SMILES string of the molecule is CCS(=O)(=O)O.CCS(=O)(=O)O.CCS(=O)(=O)O.CCS(=O)(=O)O.CCS(=O)(=O)O.CCS(=O)(=O)O.CCS(=O)(=O)O.CCS(=O)(=O)O.COc1ccc(S(=O)(=O)c2ccc(Oc3ccc(-c4ccc(C)cc4)cc3)cc2)cc1.COc1ccc(S(=O)(=O)c2ccc(Oc3ccc(C(c4ccc(C)cc4)(C(F)(F)F)C(F)(F)F)cc3)cc2)cc1. The van der Waals surface area contributed by atoms with Crippen molar-refractivity contribution >= 4 is 101 Å². The lowest BCUT2D eigenvalue weighted by Crippen LogP contribution is -2.54. The van der Waals surface area contributed by atoms with Gasteiger partial charge < -0.3 is 18.9 Å². The van der Waals surface area contributed by atoms with Gasteiger partial charge in [-0.05, 0) is 213 Å². The molecule has 0 aliphatic heterocycles. The van der Waals surface area contributed by atoms with Crippen molar-refractivity contribution in [2.24, 2.45) is 0 Å². The average molecular weight is 1890 g/mol. The van der Waals surface area contributed by atoms with Crippen LogP contribution >= 0.6 is 0 Å². The van der Waals surface area contributed by atoms with Crippen LogP contribution in [0.1, 0.15) is 77.6 Å². The fourth-order valence-corrected chi connectivity index (χ4v) is 9.97. The molecule has 0 unspecified atom stereocenters. The van der Waals surface area contributed by atoms with E-state index in [-0.39, 0.29) is 77.1 Å². The molecular weight excluding hydrogens is 1800 g/mol. The van der Waals surface area contributed by atoms with Gasteiger partial charge >= 0.3 is 12.4 Å². The maximum Gasteiger partial charge on any atom is 0.411 e. The van der Waals surface area contributed by atoms with E-state index in [1.807, 2.05) is 24.3 Å². The quantitative estimate of drug-likeness (QED) is 0.0245. The third kappa shape index (κ3) is 46.4. The molecule has 8 aromatic rings. The van der Waals surface area contributed by atoms with Crippen molar-refractivity contribution in [3.8, 4) is 45.6 Å². The molecule has 0 aliphatic carbocycles. The smallest absolute Gasteiger partial charge is 0.411 e. The first-order valence-corrected chi connectivity index (χ1v) is 49.4. The monoisotopic (exact) mass is 1890 g/mol. The third-order valence-electron chi connectivity index (χ3n) is 14.3. The first-order chi connectivity index (χ1) is 54.1. The summed E-state index contributed by atoms with van der Waals surface area (Å²) in [6, 6.07) is 47.3. The number of ether oxygens (including phenoxy) is 4. The van der Waals surface area contributed by atoms with E-state index in [9.17, 15) is 111 Å². The number of halogens is 6. The molecule has 0 amide bonds. The van der Waals surface area contributed by atoms with E-state index in [1.165, 1.54) is 148 Å². The zero-order valence-electron chi connectivity index (χ0n) is 65.4. The van der Waals surface area contributed by atoms with Gasteiger partial charge in [0.1, 0.15) is 34.5 Å². The van der Waals surface area contributed by atoms with Gasteiger partial charge in [-0.1, -0.05) is 83.9 Å². The first kappa shape index (κ1) is 113. The van der Waals surface area contributed by atoms with Gasteiger partial charge in [0.25, 0.3) is 80.9 Å². The highest BCUT2D eigenvalue weighted by molar-refractivity contribution is 7.92. The minimum Gasteiger partial charge on any atom is -0.497 e. The van der Waals surface area contributed by atoms with Crippen LogP contribution in [-0.4, -0.2) is 193 Å². The maximum atomic E-state index is 14.3. The first-order valence-electron chi connectivity index (χ1n) is 33.6. The van der Waals surface area contributed by atoms with Crippen molar-refractivity contribution in [1.29, 1.82) is 0 Å². The Balaban J connectivity index is 0. The molecule has 0 saturated carbocycles. The van der Waals surface area contributed by atoms with E-state index in [0.29, 0.717) is 28.6 Å². The van der Waals surface area contributed by atoms with E-state index in [2.05, 4.69) is 31.2 Å². The molecule has 0 aliphatic rings. The molecule has 32 nitrogen and oxygen atoms in total. The maximum absolute atomic E-state index is 14.3. The number of alkyl halides is 6. The molecule has 48 heteroatoms. The van der Waals surface area contributed by atoms with Crippen molar-refractivity contribution in [1.82, 2.24) is 0 Å². The van der Waals surface area contributed by atoms with E-state index < -0.39 is 130 Å². The number of hydrogen-bond donors (Lipinski definition) is 8. The number of hydrogen-bond acceptors (Lipinski definition) is 24. The van der Waals surface area contributed by atoms with Crippen LogP contribution < -0.4 is 18.9 Å². The van der Waals surface area contributed by atoms with Gasteiger partial charge in [-0.3, -0.25) is 36.4 Å². The van der Waals surface area contributed by atoms with Crippen molar-refractivity contribution in [2.75, 3.05) is 60.2 Å². The molecule has 0 aromatic heterocycles. The summed E-state index contributed by atoms with van der Waals surface area (Å²) in [5, 5.41) is 0. The second kappa shape index (κ2) is 49.6. The highest BCUT2D eigenvalue weighted by Crippen LogP contribution is 2.56. The Morgan fingerprint density at radius 3 is 0.555 bits per heavy atom. The Hall–Kier alpha value is -8.28. The molecule has 8 N–H and O–H groups in total. The minimum atomic E-state index is -5.70. The largest absolute Gasteiger partial charge is 0.497 e. The fraction of sp³-hybridized carbons (Fsp3) is 0.324. The highest BCUT2D eigenvalue weighted by atomic mass is 32.3. The van der Waals surface area contributed by atoms with Gasteiger partial charge in [0, 0.05) is 0 Å². The van der Waals surface area contributed by atoms with Crippen LogP contribution in [-0.2, 0) is 106 Å². The number of sulfone groups is 2. The Bertz CT molecular complexity index is 5220. The number of aryl methyl sites for hydroxylation is 2. The highest BCUT2D eigenvalue weighted by Gasteiger charge is 2.72. The standard InChI is InChI=1S/C29H22F6O4S.C26H22O4S.8C2H6O3S/c1-19-3-5-20(6-4-19)27(28(30,31)32,29(33,34)35)21-7-9-23(10-8-21)39-24-13-17-26(18-14-24)40(36,37)25-15-11-22(38-2)12-16-25;1-19-3-5-20(6-4-19)21-7-9-23(10-8-21)30-24-13-17-26(18-14-24)31(27,28)25-15-11-22(29-2)12-16-25;8*1-2-6(3,4)5/h3-18H,1-2H3;3-18H,1-2H3;8*2H2,1H3,(H,3,4,5). The van der Waals surface area contributed by atoms with E-state index in [1.54, 1.807) is 43.3 Å². The lowest BCUT2D eigenvalue weighted by Gasteiger charge is -2.38. The van der Waals surface area contributed by atoms with Gasteiger partial charge in [-0.2, -0.15) is 93.7 Å². The summed E-state index contributed by atoms with van der Waals surface area (Å²) < 4.78 is 374. The van der Waals surface area contributed by atoms with Crippen molar-refractivity contribution in [3.63, 3.8) is 0 Å². The van der Waals surface area contributed by atoms with Crippen LogP contribution in [0.4, 0.5) is 26.3 Å². The van der Waals surface area contributed by atoms with Crippen LogP contribution in [0.2, 0.25) is 0 Å². The van der Waals surface area contributed by atoms with Crippen LogP contribution in [0.5, 0.6) is 34.5 Å². The summed E-state index contributed by atoms with van der Waals surface area (Å²) >= 11 is 0. The predicted molar refractivity (Wildman–Crippen MR) is 434 cm³/mol. The minimum absolute atomic E-state index is 0.0314. The molecule has 0 fully saturated rings. The normalized spacial score (nSPS) is 11.9. The summed E-state index contributed by atoms with van der Waals surface area (Å²) in [4.78, 5) is 0.413. The number of rotatable bonds is 21. The molecule has 8 rings (SSSR count). The van der Waals surface area contributed by atoms with Crippen molar-refractivity contribution < 1.29 is 166 Å². The summed E-state index contributed by atoms with van der Waals surface area (Å²) in [5.41, 5.74) is -2.26.